The third-order valence-corrected chi connectivity index (χ3v) is 5.33. The maximum atomic E-state index is 12.0. The summed E-state index contributed by atoms with van der Waals surface area (Å²) in [6.45, 7) is 2.79. The van der Waals surface area contributed by atoms with Crippen molar-refractivity contribution in [1.29, 1.82) is 0 Å². The molecule has 0 spiro atoms. The summed E-state index contributed by atoms with van der Waals surface area (Å²) in [6.07, 6.45) is -13.1. The van der Waals surface area contributed by atoms with E-state index in [1.54, 1.807) is 20.8 Å². The summed E-state index contributed by atoms with van der Waals surface area (Å²) in [5.41, 5.74) is 1.07. The van der Waals surface area contributed by atoms with Crippen molar-refractivity contribution in [2.45, 2.75) is 75.6 Å². The van der Waals surface area contributed by atoms with Crippen LogP contribution in [0.1, 0.15) is 20.8 Å². The zero-order valence-electron chi connectivity index (χ0n) is 16.9. The molecular formula is C18H30O12. The molecule has 2 rings (SSSR count). The van der Waals surface area contributed by atoms with Crippen LogP contribution in [0, 0.1) is 0 Å². The Morgan fingerprint density at radius 1 is 0.933 bits per heavy atom. The fourth-order valence-electron chi connectivity index (χ4n) is 3.09. The molecule has 174 valence electrons. The Bertz CT molecular complexity index is 635. The number of allylic oxidation sites excluding steroid dienone is 1. The van der Waals surface area contributed by atoms with Crippen LogP contribution in [0.15, 0.2) is 11.1 Å². The third kappa shape index (κ3) is 4.83. The number of ether oxygens (including phenoxy) is 4. The van der Waals surface area contributed by atoms with Gasteiger partial charge < -0.3 is 54.7 Å². The van der Waals surface area contributed by atoms with E-state index < -0.39 is 80.6 Å². The summed E-state index contributed by atoms with van der Waals surface area (Å²) in [5.74, 6) is -2.94. The van der Waals surface area contributed by atoms with Crippen LogP contribution in [-0.4, -0.2) is 116 Å². The van der Waals surface area contributed by atoms with E-state index in [-0.39, 0.29) is 0 Å². The maximum absolute atomic E-state index is 12.0. The summed E-state index contributed by atoms with van der Waals surface area (Å²) >= 11 is 0. The van der Waals surface area contributed by atoms with Crippen LogP contribution < -0.4 is 0 Å². The van der Waals surface area contributed by atoms with Crippen LogP contribution in [0.5, 0.6) is 0 Å². The average molecular weight is 438 g/mol. The van der Waals surface area contributed by atoms with Crippen molar-refractivity contribution in [2.75, 3.05) is 19.8 Å². The number of hydrogen-bond acceptors (Lipinski definition) is 12. The minimum atomic E-state index is -2.28. The smallest absolute Gasteiger partial charge is 0.333 e. The molecule has 0 unspecified atom stereocenters. The normalized spacial score (nSPS) is 41.5. The van der Waals surface area contributed by atoms with Crippen molar-refractivity contribution in [3.05, 3.63) is 11.1 Å². The van der Waals surface area contributed by atoms with E-state index in [9.17, 15) is 40.5 Å². The third-order valence-electron chi connectivity index (χ3n) is 5.33. The minimum absolute atomic E-state index is 0.347. The fourth-order valence-corrected chi connectivity index (χ4v) is 3.09. The first-order chi connectivity index (χ1) is 14.0. The summed E-state index contributed by atoms with van der Waals surface area (Å²) in [6, 6.07) is 0. The van der Waals surface area contributed by atoms with Crippen LogP contribution in [0.2, 0.25) is 0 Å². The maximum Gasteiger partial charge on any atom is 0.333 e. The predicted octanol–water partition coefficient (Wildman–Crippen LogP) is -3.49. The van der Waals surface area contributed by atoms with E-state index in [0.29, 0.717) is 5.57 Å². The molecule has 0 aromatic heterocycles. The number of carbonyl (C=O) groups excluding carboxylic acids is 1. The van der Waals surface area contributed by atoms with Crippen LogP contribution in [0.3, 0.4) is 0 Å². The molecule has 2 aliphatic heterocycles. The number of hydrogen-bond donors (Lipinski definition) is 7. The topological polar surface area (TPSA) is 196 Å². The molecule has 9 atom stereocenters. The van der Waals surface area contributed by atoms with Gasteiger partial charge in [0.15, 0.2) is 6.29 Å². The van der Waals surface area contributed by atoms with E-state index in [1.807, 2.05) is 0 Å². The number of aliphatic hydroxyl groups excluding tert-OH is 7. The molecule has 0 aliphatic carbocycles. The van der Waals surface area contributed by atoms with Gasteiger partial charge in [-0.05, 0) is 20.8 Å². The molecular weight excluding hydrogens is 408 g/mol. The second kappa shape index (κ2) is 9.96. The Labute approximate surface area is 172 Å². The molecule has 0 bridgehead atoms. The minimum Gasteiger partial charge on any atom is -0.459 e. The summed E-state index contributed by atoms with van der Waals surface area (Å²) < 4.78 is 21.1. The van der Waals surface area contributed by atoms with Gasteiger partial charge in [-0.25, -0.2) is 4.79 Å². The van der Waals surface area contributed by atoms with E-state index in [1.165, 1.54) is 0 Å². The number of carbonyl (C=O) groups is 1. The van der Waals surface area contributed by atoms with Gasteiger partial charge in [0.1, 0.15) is 55.9 Å². The van der Waals surface area contributed by atoms with Gasteiger partial charge in [-0.15, -0.1) is 0 Å². The molecule has 2 heterocycles. The van der Waals surface area contributed by atoms with Crippen molar-refractivity contribution >= 4 is 5.97 Å². The highest BCUT2D eigenvalue weighted by molar-refractivity contribution is 5.88. The molecule has 12 nitrogen and oxygen atoms in total. The van der Waals surface area contributed by atoms with Crippen molar-refractivity contribution in [1.82, 2.24) is 0 Å². The molecule has 2 saturated heterocycles. The zero-order chi connectivity index (χ0) is 22.8. The Kier molecular flexibility index (Phi) is 8.32. The van der Waals surface area contributed by atoms with Crippen LogP contribution in [-0.2, 0) is 23.7 Å². The van der Waals surface area contributed by atoms with Crippen LogP contribution in [0.25, 0.3) is 0 Å². The highest BCUT2D eigenvalue weighted by atomic mass is 16.8. The van der Waals surface area contributed by atoms with Crippen molar-refractivity contribution < 1.29 is 59.5 Å². The van der Waals surface area contributed by atoms with Crippen molar-refractivity contribution in [2.24, 2.45) is 0 Å². The quantitative estimate of drug-likeness (QED) is 0.153. The lowest BCUT2D eigenvalue weighted by Gasteiger charge is -2.43. The van der Waals surface area contributed by atoms with Gasteiger partial charge in [0.25, 0.3) is 0 Å². The molecule has 7 N–H and O–H groups in total. The molecule has 2 fully saturated rings. The number of aliphatic hydroxyl groups is 7. The van der Waals surface area contributed by atoms with Gasteiger partial charge in [0, 0.05) is 5.57 Å². The summed E-state index contributed by atoms with van der Waals surface area (Å²) in [7, 11) is 0. The zero-order valence-corrected chi connectivity index (χ0v) is 16.9. The van der Waals surface area contributed by atoms with Crippen LogP contribution in [0.4, 0.5) is 0 Å². The first-order valence-corrected chi connectivity index (χ1v) is 9.43. The molecule has 0 aromatic rings. The van der Waals surface area contributed by atoms with Crippen LogP contribution >= 0.6 is 0 Å². The van der Waals surface area contributed by atoms with Crippen molar-refractivity contribution in [3.63, 3.8) is 0 Å². The fraction of sp³-hybridized carbons (Fsp3) is 0.833. The van der Waals surface area contributed by atoms with Gasteiger partial charge in [0.05, 0.1) is 6.61 Å². The van der Waals surface area contributed by atoms with E-state index in [2.05, 4.69) is 0 Å². The Morgan fingerprint density at radius 2 is 1.57 bits per heavy atom. The first-order valence-electron chi connectivity index (χ1n) is 9.43. The second-order valence-electron chi connectivity index (χ2n) is 7.60. The van der Waals surface area contributed by atoms with E-state index in [0.717, 1.165) is 5.57 Å². The monoisotopic (exact) mass is 438 g/mol. The molecule has 30 heavy (non-hydrogen) atoms. The van der Waals surface area contributed by atoms with Gasteiger partial charge in [-0.3, -0.25) is 0 Å². The lowest BCUT2D eigenvalue weighted by atomic mass is 9.99. The van der Waals surface area contributed by atoms with Gasteiger partial charge in [-0.1, -0.05) is 5.57 Å². The molecule has 2 aliphatic rings. The highest BCUT2D eigenvalue weighted by Crippen LogP contribution is 2.36. The van der Waals surface area contributed by atoms with E-state index >= 15 is 0 Å². The number of rotatable bonds is 7. The Balaban J connectivity index is 2.14. The largest absolute Gasteiger partial charge is 0.459 e. The molecule has 0 saturated carbocycles. The molecule has 0 radical (unpaired) electrons. The summed E-state index contributed by atoms with van der Waals surface area (Å²) in [4.78, 5) is 12.0. The molecule has 12 heteroatoms. The predicted molar refractivity (Wildman–Crippen MR) is 96.6 cm³/mol. The first kappa shape index (κ1) is 25.1. The standard InChI is InChI=1S/C18H30O12/c1-7(2)8(3)16(26)27-5-10-11(21)13(23)14(24)17(28-10)30-18(6-20)15(25)12(22)9(4-19)29-18/h9-15,17,19-25H,4-6H2,1-3H3/t9-,10-,11-,12-,13+,14-,15+,17-,18+/m1/s1. The van der Waals surface area contributed by atoms with E-state index in [4.69, 9.17) is 18.9 Å². The summed E-state index contributed by atoms with van der Waals surface area (Å²) in [5, 5.41) is 69.5. The van der Waals surface area contributed by atoms with Crippen molar-refractivity contribution in [3.8, 4) is 0 Å². The van der Waals surface area contributed by atoms with Gasteiger partial charge in [0.2, 0.25) is 5.79 Å². The lowest BCUT2D eigenvalue weighted by molar-refractivity contribution is -0.383. The van der Waals surface area contributed by atoms with Gasteiger partial charge in [-0.2, -0.15) is 0 Å². The lowest BCUT2D eigenvalue weighted by Crippen LogP contribution is -2.62. The van der Waals surface area contributed by atoms with Gasteiger partial charge >= 0.3 is 5.97 Å². The second-order valence-corrected chi connectivity index (χ2v) is 7.60. The average Bonchev–Trinajstić information content (AvgIpc) is 2.97. The Hall–Kier alpha value is -1.19. The number of esters is 1. The highest BCUT2D eigenvalue weighted by Gasteiger charge is 2.58. The SMILES string of the molecule is CC(C)=C(C)C(=O)OC[C@H]1O[C@H](O[C@]2(CO)O[C@H](CO)[C@@H](O)[C@@H]2O)[C@H](O)[C@@H](O)[C@@H]1O. The molecule has 0 amide bonds. The molecule has 0 aromatic carbocycles. The Morgan fingerprint density at radius 3 is 2.07 bits per heavy atom.